The van der Waals surface area contributed by atoms with Gasteiger partial charge in [0.2, 0.25) is 5.91 Å². The highest BCUT2D eigenvalue weighted by molar-refractivity contribution is 5.78. The fraction of sp³-hybridized carbons (Fsp3) is 0.533. The van der Waals surface area contributed by atoms with Gasteiger partial charge in [-0.15, -0.1) is 0 Å². The van der Waals surface area contributed by atoms with E-state index in [1.807, 2.05) is 32.2 Å². The smallest absolute Gasteiger partial charge is 0.226 e. The van der Waals surface area contributed by atoms with Gasteiger partial charge in [-0.25, -0.2) is 0 Å². The lowest BCUT2D eigenvalue weighted by molar-refractivity contribution is -0.130. The standard InChI is InChI=1S/C15H21NO2/c1-12-5-3-6-13(9-12)10-15(17)16(2)11-14-7-4-8-18-14/h3,5-6,9,14H,4,7-8,10-11H2,1-2H3. The van der Waals surface area contributed by atoms with E-state index >= 15 is 0 Å². The average molecular weight is 247 g/mol. The molecule has 1 fully saturated rings. The Morgan fingerprint density at radius 2 is 2.33 bits per heavy atom. The van der Waals surface area contributed by atoms with E-state index in [9.17, 15) is 4.79 Å². The fourth-order valence-corrected chi connectivity index (χ4v) is 2.33. The predicted molar refractivity (Wildman–Crippen MR) is 71.5 cm³/mol. The lowest BCUT2D eigenvalue weighted by Gasteiger charge is -2.21. The van der Waals surface area contributed by atoms with Crippen LogP contribution in [-0.4, -0.2) is 37.1 Å². The quantitative estimate of drug-likeness (QED) is 0.816. The van der Waals surface area contributed by atoms with Crippen LogP contribution in [0.2, 0.25) is 0 Å². The molecule has 0 bridgehead atoms. The highest BCUT2D eigenvalue weighted by Gasteiger charge is 2.19. The van der Waals surface area contributed by atoms with Gasteiger partial charge in [0.15, 0.2) is 0 Å². The molecule has 1 saturated heterocycles. The third-order valence-corrected chi connectivity index (χ3v) is 3.37. The molecule has 1 aliphatic rings. The van der Waals surface area contributed by atoms with Crippen molar-refractivity contribution in [1.82, 2.24) is 4.90 Å². The second kappa shape index (κ2) is 6.01. The van der Waals surface area contributed by atoms with Gasteiger partial charge >= 0.3 is 0 Å². The first-order valence-electron chi connectivity index (χ1n) is 6.56. The number of carbonyl (C=O) groups is 1. The second-order valence-electron chi connectivity index (χ2n) is 5.08. The Kier molecular flexibility index (Phi) is 4.37. The first-order valence-corrected chi connectivity index (χ1v) is 6.56. The number of aryl methyl sites for hydroxylation is 1. The van der Waals surface area contributed by atoms with E-state index in [0.29, 0.717) is 13.0 Å². The fourth-order valence-electron chi connectivity index (χ4n) is 2.33. The minimum atomic E-state index is 0.163. The zero-order valence-electron chi connectivity index (χ0n) is 11.2. The molecule has 0 N–H and O–H groups in total. The molecule has 3 nitrogen and oxygen atoms in total. The van der Waals surface area contributed by atoms with Crippen molar-refractivity contribution in [1.29, 1.82) is 0 Å². The first kappa shape index (κ1) is 13.1. The topological polar surface area (TPSA) is 29.5 Å². The molecular weight excluding hydrogens is 226 g/mol. The highest BCUT2D eigenvalue weighted by Crippen LogP contribution is 2.13. The molecule has 1 aromatic rings. The summed E-state index contributed by atoms with van der Waals surface area (Å²) < 4.78 is 5.55. The molecule has 98 valence electrons. The molecule has 1 atom stereocenters. The van der Waals surface area contributed by atoms with Crippen LogP contribution in [0.4, 0.5) is 0 Å². The Morgan fingerprint density at radius 3 is 3.00 bits per heavy atom. The Labute approximate surface area is 109 Å². The molecule has 3 heteroatoms. The van der Waals surface area contributed by atoms with E-state index in [-0.39, 0.29) is 12.0 Å². The van der Waals surface area contributed by atoms with Gasteiger partial charge in [-0.2, -0.15) is 0 Å². The maximum Gasteiger partial charge on any atom is 0.226 e. The maximum atomic E-state index is 12.1. The van der Waals surface area contributed by atoms with Crippen LogP contribution in [0, 0.1) is 6.92 Å². The molecule has 1 amide bonds. The largest absolute Gasteiger partial charge is 0.376 e. The summed E-state index contributed by atoms with van der Waals surface area (Å²) in [4.78, 5) is 13.9. The van der Waals surface area contributed by atoms with Crippen molar-refractivity contribution in [3.8, 4) is 0 Å². The number of ether oxygens (including phenoxy) is 1. The second-order valence-corrected chi connectivity index (χ2v) is 5.08. The van der Waals surface area contributed by atoms with Gasteiger partial charge in [0, 0.05) is 20.2 Å². The zero-order valence-corrected chi connectivity index (χ0v) is 11.2. The minimum absolute atomic E-state index is 0.163. The minimum Gasteiger partial charge on any atom is -0.376 e. The summed E-state index contributed by atoms with van der Waals surface area (Å²) in [6.07, 6.45) is 2.90. The number of amides is 1. The summed E-state index contributed by atoms with van der Waals surface area (Å²) in [6.45, 7) is 3.60. The van der Waals surface area contributed by atoms with Crippen molar-refractivity contribution in [3.05, 3.63) is 35.4 Å². The van der Waals surface area contributed by atoms with E-state index in [1.165, 1.54) is 5.56 Å². The van der Waals surface area contributed by atoms with Gasteiger partial charge in [0.05, 0.1) is 12.5 Å². The van der Waals surface area contributed by atoms with Crippen LogP contribution in [0.5, 0.6) is 0 Å². The van der Waals surface area contributed by atoms with Gasteiger partial charge in [-0.05, 0) is 25.3 Å². The number of likely N-dealkylation sites (N-methyl/N-ethyl adjacent to an activating group) is 1. The van der Waals surface area contributed by atoms with Crippen LogP contribution in [-0.2, 0) is 16.0 Å². The molecule has 0 aliphatic carbocycles. The molecule has 2 rings (SSSR count). The summed E-state index contributed by atoms with van der Waals surface area (Å²) >= 11 is 0. The van der Waals surface area contributed by atoms with Crippen molar-refractivity contribution < 1.29 is 9.53 Å². The highest BCUT2D eigenvalue weighted by atomic mass is 16.5. The van der Waals surface area contributed by atoms with Crippen molar-refractivity contribution in [2.45, 2.75) is 32.3 Å². The van der Waals surface area contributed by atoms with Crippen molar-refractivity contribution in [2.24, 2.45) is 0 Å². The molecule has 0 saturated carbocycles. The molecular formula is C15H21NO2. The lowest BCUT2D eigenvalue weighted by atomic mass is 10.1. The van der Waals surface area contributed by atoms with Crippen LogP contribution in [0.15, 0.2) is 24.3 Å². The monoisotopic (exact) mass is 247 g/mol. The normalized spacial score (nSPS) is 18.9. The Morgan fingerprint density at radius 1 is 1.50 bits per heavy atom. The third-order valence-electron chi connectivity index (χ3n) is 3.37. The van der Waals surface area contributed by atoms with Crippen LogP contribution in [0.25, 0.3) is 0 Å². The molecule has 0 spiro atoms. The average Bonchev–Trinajstić information content (AvgIpc) is 2.81. The summed E-state index contributed by atoms with van der Waals surface area (Å²) in [6, 6.07) is 8.12. The van der Waals surface area contributed by atoms with Gasteiger partial charge in [-0.1, -0.05) is 29.8 Å². The Balaban J connectivity index is 1.86. The molecule has 0 aromatic heterocycles. The van der Waals surface area contributed by atoms with Crippen molar-refractivity contribution in [2.75, 3.05) is 20.2 Å². The van der Waals surface area contributed by atoms with E-state index in [4.69, 9.17) is 4.74 Å². The van der Waals surface area contributed by atoms with Gasteiger partial charge in [0.1, 0.15) is 0 Å². The number of hydrogen-bond acceptors (Lipinski definition) is 2. The Bertz CT molecular complexity index is 411. The Hall–Kier alpha value is -1.35. The van der Waals surface area contributed by atoms with E-state index < -0.39 is 0 Å². The van der Waals surface area contributed by atoms with Gasteiger partial charge in [0.25, 0.3) is 0 Å². The van der Waals surface area contributed by atoms with Crippen LogP contribution < -0.4 is 0 Å². The summed E-state index contributed by atoms with van der Waals surface area (Å²) in [5.74, 6) is 0.163. The van der Waals surface area contributed by atoms with Crippen LogP contribution in [0.3, 0.4) is 0 Å². The zero-order chi connectivity index (χ0) is 13.0. The number of nitrogens with zero attached hydrogens (tertiary/aromatic N) is 1. The van der Waals surface area contributed by atoms with Crippen LogP contribution in [0.1, 0.15) is 24.0 Å². The van der Waals surface area contributed by atoms with Crippen molar-refractivity contribution in [3.63, 3.8) is 0 Å². The number of rotatable bonds is 4. The number of hydrogen-bond donors (Lipinski definition) is 0. The molecule has 0 radical (unpaired) electrons. The number of carbonyl (C=O) groups excluding carboxylic acids is 1. The SMILES string of the molecule is Cc1cccc(CC(=O)N(C)CC2CCCO2)c1. The summed E-state index contributed by atoms with van der Waals surface area (Å²) in [5.41, 5.74) is 2.28. The van der Waals surface area contributed by atoms with E-state index in [0.717, 1.165) is 25.0 Å². The summed E-state index contributed by atoms with van der Waals surface area (Å²) in [5, 5.41) is 0. The van der Waals surface area contributed by atoms with Crippen molar-refractivity contribution >= 4 is 5.91 Å². The van der Waals surface area contributed by atoms with E-state index in [2.05, 4.69) is 6.07 Å². The van der Waals surface area contributed by atoms with Crippen LogP contribution >= 0.6 is 0 Å². The predicted octanol–water partition coefficient (Wildman–Crippen LogP) is 2.17. The van der Waals surface area contributed by atoms with Gasteiger partial charge < -0.3 is 9.64 Å². The molecule has 1 aliphatic heterocycles. The lowest BCUT2D eigenvalue weighted by Crippen LogP contribution is -2.35. The number of benzene rings is 1. The molecule has 1 unspecified atom stereocenters. The molecule has 1 heterocycles. The summed E-state index contributed by atoms with van der Waals surface area (Å²) in [7, 11) is 1.86. The molecule has 18 heavy (non-hydrogen) atoms. The van der Waals surface area contributed by atoms with E-state index in [1.54, 1.807) is 4.90 Å². The first-order chi connectivity index (χ1) is 8.65. The van der Waals surface area contributed by atoms with Gasteiger partial charge in [-0.3, -0.25) is 4.79 Å². The molecule has 1 aromatic carbocycles. The maximum absolute atomic E-state index is 12.1. The third kappa shape index (κ3) is 3.57.